The fourth-order valence-electron chi connectivity index (χ4n) is 4.43. The number of Topliss-reactive ketones (excluding diaryl/α,β-unsaturated/α-hetero) is 1. The summed E-state index contributed by atoms with van der Waals surface area (Å²) in [6, 6.07) is 32.5. The Labute approximate surface area is 304 Å². The Balaban J connectivity index is 0.000000244. The predicted molar refractivity (Wildman–Crippen MR) is 199 cm³/mol. The number of rotatable bonds is 9. The van der Waals surface area contributed by atoms with Crippen molar-refractivity contribution in [2.24, 2.45) is 0 Å². The number of benzene rings is 4. The van der Waals surface area contributed by atoms with Crippen molar-refractivity contribution in [1.29, 1.82) is 0 Å². The molecule has 4 aromatic carbocycles. The summed E-state index contributed by atoms with van der Waals surface area (Å²) in [6.45, 7) is 5.66. The first kappa shape index (κ1) is 37.9. The van der Waals surface area contributed by atoms with Crippen LogP contribution in [0, 0.1) is 0 Å². The van der Waals surface area contributed by atoms with E-state index in [4.69, 9.17) is 19.9 Å². The maximum absolute atomic E-state index is 12.6. The summed E-state index contributed by atoms with van der Waals surface area (Å²) in [5.74, 6) is -0.0313. The lowest BCUT2D eigenvalue weighted by Gasteiger charge is -2.20. The van der Waals surface area contributed by atoms with Gasteiger partial charge in [0, 0.05) is 22.5 Å². The van der Waals surface area contributed by atoms with Crippen molar-refractivity contribution in [2.45, 2.75) is 39.6 Å². The lowest BCUT2D eigenvalue weighted by molar-refractivity contribution is 0.0543. The zero-order chi connectivity index (χ0) is 36.8. The van der Waals surface area contributed by atoms with Crippen molar-refractivity contribution in [2.75, 3.05) is 21.7 Å². The molecule has 5 aromatic rings. The van der Waals surface area contributed by atoms with E-state index < -0.39 is 23.9 Å². The summed E-state index contributed by atoms with van der Waals surface area (Å²) in [5, 5.41) is 5.53. The van der Waals surface area contributed by atoms with Gasteiger partial charge in [-0.15, -0.1) is 0 Å². The monoisotopic (exact) mass is 755 g/mol. The first-order valence-electron chi connectivity index (χ1n) is 15.7. The van der Waals surface area contributed by atoms with E-state index >= 15 is 0 Å². The summed E-state index contributed by atoms with van der Waals surface area (Å²) in [5.41, 5.74) is 9.63. The lowest BCUT2D eigenvalue weighted by atomic mass is 10.1. The Morgan fingerprint density at radius 1 is 0.745 bits per heavy atom. The number of alkyl halides is 1. The van der Waals surface area contributed by atoms with Gasteiger partial charge in [-0.1, -0.05) is 101 Å². The van der Waals surface area contributed by atoms with Crippen LogP contribution >= 0.6 is 15.9 Å². The zero-order valence-corrected chi connectivity index (χ0v) is 29.9. The fraction of sp³-hybridized carbons (Fsp3) is 0.184. The molecule has 0 aliphatic carbocycles. The summed E-state index contributed by atoms with van der Waals surface area (Å²) < 4.78 is 17.0. The van der Waals surface area contributed by atoms with Crippen LogP contribution < -0.4 is 16.4 Å². The van der Waals surface area contributed by atoms with E-state index in [0.29, 0.717) is 28.2 Å². The number of nitrogen functional groups attached to an aromatic ring is 1. The van der Waals surface area contributed by atoms with Gasteiger partial charge in [0.25, 0.3) is 0 Å². The third kappa shape index (κ3) is 12.2. The topological polar surface area (TPSA) is 164 Å². The molecule has 0 aliphatic heterocycles. The zero-order valence-electron chi connectivity index (χ0n) is 28.3. The van der Waals surface area contributed by atoms with Gasteiger partial charge in [0.05, 0.1) is 17.2 Å². The Hall–Kier alpha value is -5.95. The van der Waals surface area contributed by atoms with Crippen LogP contribution in [-0.4, -0.2) is 44.5 Å². The van der Waals surface area contributed by atoms with Crippen LogP contribution in [0.4, 0.5) is 31.7 Å². The Kier molecular flexibility index (Phi) is 13.5. The van der Waals surface area contributed by atoms with Crippen LogP contribution in [0.3, 0.4) is 0 Å². The third-order valence-corrected chi connectivity index (χ3v) is 7.26. The normalized spacial score (nSPS) is 10.6. The van der Waals surface area contributed by atoms with Crippen molar-refractivity contribution in [3.63, 3.8) is 0 Å². The van der Waals surface area contributed by atoms with E-state index in [9.17, 15) is 19.2 Å². The number of hydrogen-bond acceptors (Lipinski definition) is 9. The van der Waals surface area contributed by atoms with E-state index in [-0.39, 0.29) is 30.3 Å². The molecule has 5 rings (SSSR count). The number of amides is 2. The van der Waals surface area contributed by atoms with Crippen LogP contribution in [0.5, 0.6) is 0 Å². The number of nitrogens with zero attached hydrogens (tertiary/aromatic N) is 2. The molecule has 0 saturated heterocycles. The Morgan fingerprint density at radius 2 is 1.27 bits per heavy atom. The summed E-state index contributed by atoms with van der Waals surface area (Å²) in [4.78, 5) is 52.0. The molecule has 0 saturated carbocycles. The van der Waals surface area contributed by atoms with Crippen molar-refractivity contribution in [1.82, 2.24) is 9.55 Å². The highest BCUT2D eigenvalue weighted by molar-refractivity contribution is 9.09. The second kappa shape index (κ2) is 18.2. The molecule has 0 bridgehead atoms. The second-order valence-electron chi connectivity index (χ2n) is 11.9. The number of ether oxygens (including phenoxy) is 3. The molecule has 0 spiro atoms. The number of anilines is 3. The third-order valence-electron chi connectivity index (χ3n) is 6.75. The molecule has 4 N–H and O–H groups in total. The highest BCUT2D eigenvalue weighted by Gasteiger charge is 2.23. The number of carbonyl (C=O) groups is 4. The van der Waals surface area contributed by atoms with Crippen molar-refractivity contribution in [3.8, 4) is 11.3 Å². The van der Waals surface area contributed by atoms with Crippen molar-refractivity contribution < 1.29 is 33.4 Å². The van der Waals surface area contributed by atoms with Crippen LogP contribution in [0.15, 0.2) is 115 Å². The largest absolute Gasteiger partial charge is 0.444 e. The molecule has 13 heteroatoms. The van der Waals surface area contributed by atoms with E-state index in [1.807, 2.05) is 60.7 Å². The molecule has 0 fully saturated rings. The number of halogens is 1. The van der Waals surface area contributed by atoms with Gasteiger partial charge in [0.2, 0.25) is 5.95 Å². The number of aromatic nitrogens is 2. The molecule has 0 aliphatic rings. The molecule has 0 radical (unpaired) electrons. The average Bonchev–Trinajstić information content (AvgIpc) is 3.51. The molecule has 2 amide bonds. The van der Waals surface area contributed by atoms with E-state index in [2.05, 4.69) is 31.5 Å². The van der Waals surface area contributed by atoms with Gasteiger partial charge in [0.1, 0.15) is 18.8 Å². The van der Waals surface area contributed by atoms with Crippen LogP contribution in [-0.2, 0) is 27.4 Å². The Bertz CT molecular complexity index is 1940. The highest BCUT2D eigenvalue weighted by Crippen LogP contribution is 2.26. The number of hydrogen-bond donors (Lipinski definition) is 3. The first-order chi connectivity index (χ1) is 24.4. The maximum Gasteiger partial charge on any atom is 0.421 e. The van der Waals surface area contributed by atoms with Gasteiger partial charge in [-0.25, -0.2) is 23.9 Å². The minimum atomic E-state index is -0.684. The predicted octanol–water partition coefficient (Wildman–Crippen LogP) is 8.68. The maximum atomic E-state index is 12.6. The van der Waals surface area contributed by atoms with E-state index in [1.54, 1.807) is 69.3 Å². The molecule has 0 unspecified atom stereocenters. The van der Waals surface area contributed by atoms with Crippen molar-refractivity contribution in [3.05, 3.63) is 132 Å². The molecule has 51 heavy (non-hydrogen) atoms. The summed E-state index contributed by atoms with van der Waals surface area (Å²) >= 11 is 3.12. The standard InChI is InChI=1S/C22H24N4O4.C16H14BrNO3/c1-22(2,3)30-21(28)26-18(13-24-19(26)23)16-10-7-11-17(12-16)25-20(27)29-14-15-8-5-4-6-9-15;17-10-15(19)13-7-4-8-14(9-13)18-16(20)21-11-12-5-2-1-3-6-12/h4-13H,14H2,1-3H3,(H2,23,24)(H,25,27);1-9H,10-11H2,(H,18,20). The number of imidazole rings is 1. The van der Waals surface area contributed by atoms with Crippen LogP contribution in [0.2, 0.25) is 0 Å². The quantitative estimate of drug-likeness (QED) is 0.0758. The Morgan fingerprint density at radius 3 is 1.80 bits per heavy atom. The SMILES string of the molecule is CC(C)(C)OC(=O)n1c(-c2cccc(NC(=O)OCc3ccccc3)c2)cnc1N.O=C(Nc1cccc(C(=O)CBr)c1)OCc1ccccc1. The molecular weight excluding hydrogens is 718 g/mol. The summed E-state index contributed by atoms with van der Waals surface area (Å²) in [6.07, 6.45) is -0.293. The van der Waals surface area contributed by atoms with Gasteiger partial charge >= 0.3 is 18.3 Å². The van der Waals surface area contributed by atoms with Crippen LogP contribution in [0.25, 0.3) is 11.3 Å². The number of ketones is 1. The minimum Gasteiger partial charge on any atom is -0.444 e. The molecule has 0 atom stereocenters. The van der Waals surface area contributed by atoms with Gasteiger partial charge < -0.3 is 19.9 Å². The van der Waals surface area contributed by atoms with E-state index in [0.717, 1.165) is 11.1 Å². The van der Waals surface area contributed by atoms with Crippen LogP contribution in [0.1, 0.15) is 42.3 Å². The van der Waals surface area contributed by atoms with Gasteiger partial charge in [-0.2, -0.15) is 0 Å². The van der Waals surface area contributed by atoms with Gasteiger partial charge in [-0.05, 0) is 56.2 Å². The molecular formula is C38H38BrN5O7. The smallest absolute Gasteiger partial charge is 0.421 e. The molecule has 1 aromatic heterocycles. The first-order valence-corrected chi connectivity index (χ1v) is 16.9. The summed E-state index contributed by atoms with van der Waals surface area (Å²) in [7, 11) is 0. The van der Waals surface area contributed by atoms with Gasteiger partial charge in [-0.3, -0.25) is 15.4 Å². The molecule has 264 valence electrons. The number of nitrogens with two attached hydrogens (primary N) is 1. The molecule has 1 heterocycles. The molecule has 12 nitrogen and oxygen atoms in total. The van der Waals surface area contributed by atoms with E-state index in [1.165, 1.54) is 10.8 Å². The fourth-order valence-corrected chi connectivity index (χ4v) is 4.75. The number of carbonyl (C=O) groups excluding carboxylic acids is 4. The second-order valence-corrected chi connectivity index (χ2v) is 12.5. The minimum absolute atomic E-state index is 0.0138. The number of nitrogens with one attached hydrogen (secondary N) is 2. The van der Waals surface area contributed by atoms with Crippen molar-refractivity contribution >= 4 is 57.3 Å². The highest BCUT2D eigenvalue weighted by atomic mass is 79.9. The van der Waals surface area contributed by atoms with Gasteiger partial charge in [0.15, 0.2) is 5.78 Å². The average molecular weight is 757 g/mol. The lowest BCUT2D eigenvalue weighted by Crippen LogP contribution is -2.28.